The second-order valence-corrected chi connectivity index (χ2v) is 4.54. The predicted molar refractivity (Wildman–Crippen MR) is 70.0 cm³/mol. The summed E-state index contributed by atoms with van der Waals surface area (Å²) in [5.41, 5.74) is 2.31. The lowest BCUT2D eigenvalue weighted by molar-refractivity contribution is 0.209. The molecule has 0 amide bonds. The van der Waals surface area contributed by atoms with E-state index < -0.39 is 6.10 Å². The van der Waals surface area contributed by atoms with Gasteiger partial charge in [0.1, 0.15) is 11.9 Å². The van der Waals surface area contributed by atoms with Crippen LogP contribution in [0.3, 0.4) is 0 Å². The van der Waals surface area contributed by atoms with Crippen LogP contribution in [0, 0.1) is 6.92 Å². The molecule has 18 heavy (non-hydrogen) atoms. The fraction of sp³-hybridized carbons (Fsp3) is 0.308. The van der Waals surface area contributed by atoms with E-state index in [0.717, 1.165) is 16.9 Å². The van der Waals surface area contributed by atoms with Gasteiger partial charge in [-0.15, -0.1) is 0 Å². The molecule has 0 radical (unpaired) electrons. The third kappa shape index (κ3) is 2.21. The Balaban J connectivity index is 2.40. The van der Waals surface area contributed by atoms with Gasteiger partial charge < -0.3 is 9.84 Å². The van der Waals surface area contributed by atoms with Crippen LogP contribution in [-0.2, 0) is 7.05 Å². The van der Waals surface area contributed by atoms with Crippen molar-refractivity contribution in [2.24, 2.45) is 7.05 Å². The lowest BCUT2D eigenvalue weighted by atomic mass is 10.0. The molecule has 0 aliphatic carbocycles. The molecule has 5 heteroatoms. The number of rotatable bonds is 3. The minimum absolute atomic E-state index is 0.457. The van der Waals surface area contributed by atoms with E-state index in [2.05, 4.69) is 5.10 Å². The topological polar surface area (TPSA) is 47.3 Å². The van der Waals surface area contributed by atoms with Gasteiger partial charge >= 0.3 is 0 Å². The minimum atomic E-state index is -0.797. The van der Waals surface area contributed by atoms with Gasteiger partial charge in [-0.05, 0) is 30.2 Å². The molecule has 1 unspecified atom stereocenters. The van der Waals surface area contributed by atoms with Gasteiger partial charge in [-0.2, -0.15) is 5.10 Å². The molecule has 4 nitrogen and oxygen atoms in total. The summed E-state index contributed by atoms with van der Waals surface area (Å²) in [5, 5.41) is 14.8. The average Bonchev–Trinajstić information content (AvgIpc) is 2.68. The van der Waals surface area contributed by atoms with Crippen LogP contribution in [0.15, 0.2) is 24.4 Å². The highest BCUT2D eigenvalue weighted by Crippen LogP contribution is 2.30. The molecular weight excluding hydrogens is 252 g/mol. The van der Waals surface area contributed by atoms with E-state index >= 15 is 0 Å². The summed E-state index contributed by atoms with van der Waals surface area (Å²) in [6, 6.07) is 5.53. The molecule has 1 aromatic carbocycles. The summed E-state index contributed by atoms with van der Waals surface area (Å²) in [6.45, 7) is 1.93. The lowest BCUT2D eigenvalue weighted by Gasteiger charge is -2.14. The molecule has 0 bridgehead atoms. The van der Waals surface area contributed by atoms with Gasteiger partial charge in [0.15, 0.2) is 0 Å². The molecule has 0 saturated heterocycles. The third-order valence-corrected chi connectivity index (χ3v) is 3.22. The van der Waals surface area contributed by atoms with E-state index in [1.807, 2.05) is 25.1 Å². The maximum Gasteiger partial charge on any atom is 0.122 e. The first-order valence-electron chi connectivity index (χ1n) is 5.54. The van der Waals surface area contributed by atoms with Crippen molar-refractivity contribution in [3.8, 4) is 5.75 Å². The Hall–Kier alpha value is -1.52. The Morgan fingerprint density at radius 1 is 1.44 bits per heavy atom. The van der Waals surface area contributed by atoms with Gasteiger partial charge in [0.25, 0.3) is 0 Å². The number of nitrogens with zero attached hydrogens (tertiary/aromatic N) is 2. The summed E-state index contributed by atoms with van der Waals surface area (Å²) in [7, 11) is 3.37. The Morgan fingerprint density at radius 2 is 2.17 bits per heavy atom. The Kier molecular flexibility index (Phi) is 3.59. The molecule has 96 valence electrons. The molecule has 2 aromatic rings. The first-order valence-corrected chi connectivity index (χ1v) is 5.92. The van der Waals surface area contributed by atoms with Crippen LogP contribution >= 0.6 is 11.6 Å². The Bertz CT molecular complexity index is 547. The smallest absolute Gasteiger partial charge is 0.122 e. The summed E-state index contributed by atoms with van der Waals surface area (Å²) in [6.07, 6.45) is 0.728. The van der Waals surface area contributed by atoms with Crippen molar-refractivity contribution >= 4 is 11.6 Å². The molecular formula is C13H15ClN2O2. The summed E-state index contributed by atoms with van der Waals surface area (Å²) >= 11 is 6.02. The van der Waals surface area contributed by atoms with Crippen molar-refractivity contribution in [3.63, 3.8) is 0 Å². The number of methoxy groups -OCH3 is 1. The van der Waals surface area contributed by atoms with E-state index in [9.17, 15) is 5.11 Å². The van der Waals surface area contributed by atoms with Crippen molar-refractivity contribution in [3.05, 3.63) is 46.2 Å². The van der Waals surface area contributed by atoms with Crippen molar-refractivity contribution in [2.75, 3.05) is 7.11 Å². The summed E-state index contributed by atoms with van der Waals surface area (Å²) < 4.78 is 6.77. The standard InChI is InChI=1S/C13H15ClN2O2/c1-8-6-9(4-5-11(8)18-3)13(17)12-10(14)7-15-16(12)2/h4-7,13,17H,1-3H3. The fourth-order valence-electron chi connectivity index (χ4n) is 1.96. The molecule has 0 saturated carbocycles. The largest absolute Gasteiger partial charge is 0.496 e. The quantitative estimate of drug-likeness (QED) is 0.928. The van der Waals surface area contributed by atoms with Crippen molar-refractivity contribution in [2.45, 2.75) is 13.0 Å². The lowest BCUT2D eigenvalue weighted by Crippen LogP contribution is -2.07. The Labute approximate surface area is 111 Å². The molecule has 1 aromatic heterocycles. The van der Waals surface area contributed by atoms with Gasteiger partial charge in [0.2, 0.25) is 0 Å². The first-order chi connectivity index (χ1) is 8.54. The molecule has 0 fully saturated rings. The fourth-order valence-corrected chi connectivity index (χ4v) is 2.23. The number of aromatic nitrogens is 2. The van der Waals surface area contributed by atoms with Gasteiger partial charge in [-0.3, -0.25) is 4.68 Å². The SMILES string of the molecule is COc1ccc(C(O)c2c(Cl)cnn2C)cc1C. The molecule has 0 aliphatic heterocycles. The molecule has 0 spiro atoms. The van der Waals surface area contributed by atoms with Crippen molar-refractivity contribution < 1.29 is 9.84 Å². The summed E-state index contributed by atoms with van der Waals surface area (Å²) in [5.74, 6) is 0.794. The van der Waals surface area contributed by atoms with Crippen LogP contribution in [0.4, 0.5) is 0 Å². The number of aliphatic hydroxyl groups is 1. The van der Waals surface area contributed by atoms with Gasteiger partial charge in [0, 0.05) is 7.05 Å². The predicted octanol–water partition coefficient (Wildman–Crippen LogP) is 2.47. The van der Waals surface area contributed by atoms with Crippen LogP contribution in [0.1, 0.15) is 22.9 Å². The van der Waals surface area contributed by atoms with E-state index in [0.29, 0.717) is 10.7 Å². The van der Waals surface area contributed by atoms with Gasteiger partial charge in [0.05, 0.1) is 24.0 Å². The van der Waals surface area contributed by atoms with Crippen molar-refractivity contribution in [1.82, 2.24) is 9.78 Å². The minimum Gasteiger partial charge on any atom is -0.496 e. The van der Waals surface area contributed by atoms with E-state index in [1.54, 1.807) is 18.8 Å². The highest BCUT2D eigenvalue weighted by Gasteiger charge is 2.19. The highest BCUT2D eigenvalue weighted by atomic mass is 35.5. The zero-order chi connectivity index (χ0) is 13.3. The number of halogens is 1. The first kappa shape index (κ1) is 12.9. The molecule has 1 heterocycles. The van der Waals surface area contributed by atoms with E-state index in [-0.39, 0.29) is 0 Å². The van der Waals surface area contributed by atoms with Crippen LogP contribution in [0.25, 0.3) is 0 Å². The Morgan fingerprint density at radius 3 is 2.67 bits per heavy atom. The number of ether oxygens (including phenoxy) is 1. The number of benzene rings is 1. The van der Waals surface area contributed by atoms with Crippen molar-refractivity contribution in [1.29, 1.82) is 0 Å². The average molecular weight is 267 g/mol. The van der Waals surface area contributed by atoms with E-state index in [4.69, 9.17) is 16.3 Å². The van der Waals surface area contributed by atoms with Gasteiger partial charge in [-0.25, -0.2) is 0 Å². The maximum atomic E-state index is 10.3. The maximum absolute atomic E-state index is 10.3. The molecule has 0 aliphatic rings. The van der Waals surface area contributed by atoms with Crippen LogP contribution in [0.5, 0.6) is 5.75 Å². The summed E-state index contributed by atoms with van der Waals surface area (Å²) in [4.78, 5) is 0. The second-order valence-electron chi connectivity index (χ2n) is 4.13. The normalized spacial score (nSPS) is 12.5. The number of hydrogen-bond acceptors (Lipinski definition) is 3. The molecule has 1 atom stereocenters. The molecule has 1 N–H and O–H groups in total. The zero-order valence-corrected chi connectivity index (χ0v) is 11.3. The third-order valence-electron chi connectivity index (χ3n) is 2.93. The number of aliphatic hydroxyl groups excluding tert-OH is 1. The number of aryl methyl sites for hydroxylation is 2. The number of hydrogen-bond donors (Lipinski definition) is 1. The van der Waals surface area contributed by atoms with Crippen LogP contribution in [0.2, 0.25) is 5.02 Å². The highest BCUT2D eigenvalue weighted by molar-refractivity contribution is 6.31. The van der Waals surface area contributed by atoms with Gasteiger partial charge in [-0.1, -0.05) is 17.7 Å². The van der Waals surface area contributed by atoms with Crippen LogP contribution in [-0.4, -0.2) is 22.0 Å². The monoisotopic (exact) mass is 266 g/mol. The van der Waals surface area contributed by atoms with E-state index in [1.165, 1.54) is 6.20 Å². The molecule has 2 rings (SSSR count). The second kappa shape index (κ2) is 5.00. The van der Waals surface area contributed by atoms with Crippen LogP contribution < -0.4 is 4.74 Å². The zero-order valence-electron chi connectivity index (χ0n) is 10.5.